The first-order valence-corrected chi connectivity index (χ1v) is 6.22. The largest absolute Gasteiger partial charge is 0.497 e. The summed E-state index contributed by atoms with van der Waals surface area (Å²) in [5.41, 5.74) is 2.42. The van der Waals surface area contributed by atoms with E-state index in [-0.39, 0.29) is 0 Å². The van der Waals surface area contributed by atoms with Crippen LogP contribution in [-0.4, -0.2) is 25.9 Å². The van der Waals surface area contributed by atoms with Crippen molar-refractivity contribution < 1.29 is 9.47 Å². The Kier molecular flexibility index (Phi) is 3.89. The zero-order valence-electron chi connectivity index (χ0n) is 10.8. The van der Waals surface area contributed by atoms with E-state index in [0.29, 0.717) is 12.1 Å². The van der Waals surface area contributed by atoms with Crippen LogP contribution < -0.4 is 10.1 Å². The van der Waals surface area contributed by atoms with Gasteiger partial charge in [0.05, 0.1) is 13.2 Å². The lowest BCUT2D eigenvalue weighted by molar-refractivity contribution is 0.0232. The minimum absolute atomic E-state index is 0.361. The molecule has 17 heavy (non-hydrogen) atoms. The molecule has 1 aromatic carbocycles. The van der Waals surface area contributed by atoms with Crippen molar-refractivity contribution in [1.82, 2.24) is 0 Å². The van der Waals surface area contributed by atoms with Gasteiger partial charge in [0.25, 0.3) is 0 Å². The molecule has 2 rings (SSSR count). The van der Waals surface area contributed by atoms with E-state index >= 15 is 0 Å². The Balaban J connectivity index is 2.02. The van der Waals surface area contributed by atoms with Gasteiger partial charge >= 0.3 is 0 Å². The number of hydrogen-bond donors (Lipinski definition) is 1. The Labute approximate surface area is 103 Å². The quantitative estimate of drug-likeness (QED) is 0.873. The molecule has 1 saturated heterocycles. The highest BCUT2D eigenvalue weighted by molar-refractivity contribution is 5.54. The molecule has 0 amide bonds. The van der Waals surface area contributed by atoms with Crippen LogP contribution in [0.3, 0.4) is 0 Å². The average molecular weight is 235 g/mol. The summed E-state index contributed by atoms with van der Waals surface area (Å²) in [7, 11) is 1.70. The molecule has 2 unspecified atom stereocenters. The predicted molar refractivity (Wildman–Crippen MR) is 69.8 cm³/mol. The molecule has 0 bridgehead atoms. The van der Waals surface area contributed by atoms with E-state index in [4.69, 9.17) is 9.47 Å². The number of aryl methyl sites for hydroxylation is 1. The van der Waals surface area contributed by atoms with E-state index in [1.54, 1.807) is 7.11 Å². The first-order valence-electron chi connectivity index (χ1n) is 6.22. The summed E-state index contributed by atoms with van der Waals surface area (Å²) in [4.78, 5) is 0. The summed E-state index contributed by atoms with van der Waals surface area (Å²) in [6.07, 6.45) is 2.51. The van der Waals surface area contributed by atoms with Gasteiger partial charge in [-0.25, -0.2) is 0 Å². The lowest BCUT2D eigenvalue weighted by Crippen LogP contribution is -2.32. The summed E-state index contributed by atoms with van der Waals surface area (Å²) in [5, 5.41) is 3.60. The van der Waals surface area contributed by atoms with Crippen LogP contribution >= 0.6 is 0 Å². The molecule has 0 aromatic heterocycles. The molecule has 1 aromatic rings. The van der Waals surface area contributed by atoms with Crippen LogP contribution in [0, 0.1) is 6.92 Å². The number of ether oxygens (including phenoxy) is 2. The van der Waals surface area contributed by atoms with E-state index in [0.717, 1.165) is 25.2 Å². The van der Waals surface area contributed by atoms with E-state index in [9.17, 15) is 0 Å². The zero-order chi connectivity index (χ0) is 12.3. The second kappa shape index (κ2) is 5.41. The molecule has 1 aliphatic heterocycles. The highest BCUT2D eigenvalue weighted by atomic mass is 16.5. The van der Waals surface area contributed by atoms with Crippen molar-refractivity contribution >= 4 is 5.69 Å². The molecule has 3 nitrogen and oxygen atoms in total. The maximum absolute atomic E-state index is 5.55. The van der Waals surface area contributed by atoms with Gasteiger partial charge in [-0.2, -0.15) is 0 Å². The van der Waals surface area contributed by atoms with Crippen LogP contribution in [-0.2, 0) is 4.74 Å². The van der Waals surface area contributed by atoms with Gasteiger partial charge in [-0.05, 0) is 50.5 Å². The molecule has 1 heterocycles. The fourth-order valence-electron chi connectivity index (χ4n) is 2.27. The highest BCUT2D eigenvalue weighted by Gasteiger charge is 2.19. The number of nitrogens with one attached hydrogen (secondary N) is 1. The molecule has 1 aliphatic rings. The Morgan fingerprint density at radius 1 is 1.41 bits per heavy atom. The molecule has 0 spiro atoms. The molecule has 0 radical (unpaired) electrons. The fraction of sp³-hybridized carbons (Fsp3) is 0.571. The molecular weight excluding hydrogens is 214 g/mol. The van der Waals surface area contributed by atoms with Gasteiger partial charge in [0.1, 0.15) is 5.75 Å². The number of anilines is 1. The monoisotopic (exact) mass is 235 g/mol. The average Bonchev–Trinajstić information content (AvgIpc) is 2.32. The van der Waals surface area contributed by atoms with Crippen LogP contribution in [0.15, 0.2) is 18.2 Å². The third kappa shape index (κ3) is 3.13. The molecule has 94 valence electrons. The van der Waals surface area contributed by atoms with E-state index in [1.807, 2.05) is 6.07 Å². The van der Waals surface area contributed by atoms with Gasteiger partial charge in [-0.15, -0.1) is 0 Å². The maximum atomic E-state index is 5.55. The molecule has 0 saturated carbocycles. The topological polar surface area (TPSA) is 30.5 Å². The Morgan fingerprint density at radius 2 is 2.24 bits per heavy atom. The number of benzene rings is 1. The summed E-state index contributed by atoms with van der Waals surface area (Å²) >= 11 is 0. The smallest absolute Gasteiger partial charge is 0.119 e. The SMILES string of the molecule is COc1ccc(NC2CCOC(C)C2)c(C)c1. The van der Waals surface area contributed by atoms with Crippen LogP contribution in [0.2, 0.25) is 0 Å². The van der Waals surface area contributed by atoms with Gasteiger partial charge in [0.15, 0.2) is 0 Å². The second-order valence-corrected chi connectivity index (χ2v) is 4.73. The third-order valence-electron chi connectivity index (χ3n) is 3.28. The van der Waals surface area contributed by atoms with Gasteiger partial charge in [0.2, 0.25) is 0 Å². The van der Waals surface area contributed by atoms with Gasteiger partial charge in [-0.1, -0.05) is 0 Å². The summed E-state index contributed by atoms with van der Waals surface area (Å²) in [6, 6.07) is 6.67. The Morgan fingerprint density at radius 3 is 2.88 bits per heavy atom. The number of rotatable bonds is 3. The minimum atomic E-state index is 0.361. The molecule has 3 heteroatoms. The fourth-order valence-corrected chi connectivity index (χ4v) is 2.27. The van der Waals surface area contributed by atoms with E-state index in [2.05, 4.69) is 31.3 Å². The lowest BCUT2D eigenvalue weighted by atomic mass is 10.0. The van der Waals surface area contributed by atoms with Crippen LogP contribution in [0.5, 0.6) is 5.75 Å². The predicted octanol–water partition coefficient (Wildman–Crippen LogP) is 2.98. The summed E-state index contributed by atoms with van der Waals surface area (Å²) in [6.45, 7) is 5.09. The number of methoxy groups -OCH3 is 1. The summed E-state index contributed by atoms with van der Waals surface area (Å²) < 4.78 is 10.8. The van der Waals surface area contributed by atoms with Crippen molar-refractivity contribution in [2.24, 2.45) is 0 Å². The molecule has 1 N–H and O–H groups in total. The third-order valence-corrected chi connectivity index (χ3v) is 3.28. The molecular formula is C14H21NO2. The van der Waals surface area contributed by atoms with Crippen molar-refractivity contribution in [3.63, 3.8) is 0 Å². The van der Waals surface area contributed by atoms with Crippen LogP contribution in [0.1, 0.15) is 25.3 Å². The van der Waals surface area contributed by atoms with E-state index in [1.165, 1.54) is 11.3 Å². The Hall–Kier alpha value is -1.22. The molecule has 2 atom stereocenters. The maximum Gasteiger partial charge on any atom is 0.119 e. The lowest BCUT2D eigenvalue weighted by Gasteiger charge is -2.29. The zero-order valence-corrected chi connectivity index (χ0v) is 10.8. The van der Waals surface area contributed by atoms with Crippen molar-refractivity contribution in [1.29, 1.82) is 0 Å². The van der Waals surface area contributed by atoms with Crippen molar-refractivity contribution in [2.75, 3.05) is 19.0 Å². The number of hydrogen-bond acceptors (Lipinski definition) is 3. The van der Waals surface area contributed by atoms with Gasteiger partial charge in [-0.3, -0.25) is 0 Å². The van der Waals surface area contributed by atoms with Gasteiger partial charge in [0, 0.05) is 18.3 Å². The molecule has 1 fully saturated rings. The minimum Gasteiger partial charge on any atom is -0.497 e. The first-order chi connectivity index (χ1) is 8.19. The van der Waals surface area contributed by atoms with Gasteiger partial charge < -0.3 is 14.8 Å². The van der Waals surface area contributed by atoms with Crippen molar-refractivity contribution in [3.8, 4) is 5.75 Å². The van der Waals surface area contributed by atoms with Crippen LogP contribution in [0.25, 0.3) is 0 Å². The second-order valence-electron chi connectivity index (χ2n) is 4.73. The molecule has 0 aliphatic carbocycles. The standard InChI is InChI=1S/C14H21NO2/c1-10-8-13(16-3)4-5-14(10)15-12-6-7-17-11(2)9-12/h4-5,8,11-12,15H,6-7,9H2,1-3H3. The van der Waals surface area contributed by atoms with Crippen molar-refractivity contribution in [2.45, 2.75) is 38.8 Å². The first kappa shape index (κ1) is 12.2. The van der Waals surface area contributed by atoms with Crippen LogP contribution in [0.4, 0.5) is 5.69 Å². The summed E-state index contributed by atoms with van der Waals surface area (Å²) in [5.74, 6) is 0.911. The Bertz CT molecular complexity index is 378. The van der Waals surface area contributed by atoms with E-state index < -0.39 is 0 Å². The normalized spacial score (nSPS) is 24.4. The van der Waals surface area contributed by atoms with Crippen molar-refractivity contribution in [3.05, 3.63) is 23.8 Å². The highest BCUT2D eigenvalue weighted by Crippen LogP contribution is 2.24.